The minimum absolute atomic E-state index is 0.965. The van der Waals surface area contributed by atoms with E-state index in [0.717, 1.165) is 10.3 Å². The number of hydrogen-bond acceptors (Lipinski definition) is 2. The molecular weight excluding hydrogens is 300 g/mol. The molecule has 0 atom stereocenters. The molecule has 0 saturated carbocycles. The van der Waals surface area contributed by atoms with Gasteiger partial charge in [0.05, 0.1) is 0 Å². The number of hydrogen-bond donors (Lipinski definition) is 0. The summed E-state index contributed by atoms with van der Waals surface area (Å²) >= 11 is 3.49. The normalized spacial score (nSPS) is 10.6. The molecule has 0 aliphatic heterocycles. The third-order valence-corrected chi connectivity index (χ3v) is 4.60. The minimum Gasteiger partial charge on any atom is -0.329 e. The number of pyridine rings is 1. The Morgan fingerprint density at radius 2 is 1.68 bits per heavy atom. The van der Waals surface area contributed by atoms with Gasteiger partial charge in [-0.25, -0.2) is 4.98 Å². The zero-order chi connectivity index (χ0) is 14.2. The molecule has 0 bridgehead atoms. The van der Waals surface area contributed by atoms with Crippen molar-refractivity contribution in [3.8, 4) is 0 Å². The maximum Gasteiger partial charge on any atom is 0.132 e. The van der Waals surface area contributed by atoms with Gasteiger partial charge in [-0.2, -0.15) is 0 Å². The fourth-order valence-electron chi connectivity index (χ4n) is 2.14. The summed E-state index contributed by atoms with van der Waals surface area (Å²) in [5, 5.41) is 0. The average Bonchev–Trinajstić information content (AvgIpc) is 2.39. The number of aryl methyl sites for hydroxylation is 2. The van der Waals surface area contributed by atoms with Crippen LogP contribution in [0.3, 0.4) is 0 Å². The predicted molar refractivity (Wildman–Crippen MR) is 85.4 cm³/mol. The number of nitrogens with zero attached hydrogens (tertiary/aromatic N) is 2. The van der Waals surface area contributed by atoms with Crippen LogP contribution in [0.1, 0.15) is 22.3 Å². The van der Waals surface area contributed by atoms with Crippen LogP contribution in [0.15, 0.2) is 28.9 Å². The minimum atomic E-state index is 0.965. The largest absolute Gasteiger partial charge is 0.329 e. The third-order valence-electron chi connectivity index (χ3n) is 3.77. The lowest BCUT2D eigenvalue weighted by Crippen LogP contribution is -2.13. The number of rotatable bonds is 2. The van der Waals surface area contributed by atoms with Crippen molar-refractivity contribution in [3.63, 3.8) is 0 Å². The molecule has 0 unspecified atom stereocenters. The van der Waals surface area contributed by atoms with Crippen LogP contribution in [-0.4, -0.2) is 12.0 Å². The first-order chi connectivity index (χ1) is 8.91. The van der Waals surface area contributed by atoms with E-state index in [1.54, 1.807) is 0 Å². The molecule has 0 aliphatic rings. The molecule has 1 aromatic carbocycles. The first kappa shape index (κ1) is 14.1. The van der Waals surface area contributed by atoms with Crippen molar-refractivity contribution in [3.05, 3.63) is 51.1 Å². The maximum atomic E-state index is 4.49. The fraction of sp³-hybridized carbons (Fsp3) is 0.312. The fourth-order valence-corrected chi connectivity index (χ4v) is 2.35. The molecule has 2 nitrogen and oxygen atoms in total. The van der Waals surface area contributed by atoms with Crippen LogP contribution in [0.4, 0.5) is 11.5 Å². The Morgan fingerprint density at radius 3 is 2.32 bits per heavy atom. The summed E-state index contributed by atoms with van der Waals surface area (Å²) in [6.07, 6.45) is 1.86. The average molecular weight is 319 g/mol. The van der Waals surface area contributed by atoms with Crippen LogP contribution in [0.2, 0.25) is 0 Å². The van der Waals surface area contributed by atoms with Crippen molar-refractivity contribution in [2.45, 2.75) is 27.7 Å². The summed E-state index contributed by atoms with van der Waals surface area (Å²) in [7, 11) is 2.06. The Balaban J connectivity index is 2.47. The monoisotopic (exact) mass is 318 g/mol. The highest BCUT2D eigenvalue weighted by molar-refractivity contribution is 9.10. The van der Waals surface area contributed by atoms with Crippen LogP contribution in [0.25, 0.3) is 0 Å². The molecule has 1 aromatic heterocycles. The third kappa shape index (κ3) is 2.66. The molecule has 0 radical (unpaired) electrons. The van der Waals surface area contributed by atoms with Crippen LogP contribution in [0.5, 0.6) is 0 Å². The van der Waals surface area contributed by atoms with Gasteiger partial charge in [0.25, 0.3) is 0 Å². The molecule has 1 heterocycles. The second kappa shape index (κ2) is 5.33. The van der Waals surface area contributed by atoms with Gasteiger partial charge in [-0.1, -0.05) is 6.07 Å². The second-order valence-corrected chi connectivity index (χ2v) is 5.86. The highest BCUT2D eigenvalue weighted by Gasteiger charge is 2.11. The van der Waals surface area contributed by atoms with Crippen molar-refractivity contribution >= 4 is 27.4 Å². The molecule has 0 amide bonds. The number of anilines is 2. The zero-order valence-electron chi connectivity index (χ0n) is 12.1. The molecule has 2 aromatic rings. The van der Waals surface area contributed by atoms with Crippen molar-refractivity contribution in [1.29, 1.82) is 0 Å². The molecule has 0 N–H and O–H groups in total. The smallest absolute Gasteiger partial charge is 0.132 e. The van der Waals surface area contributed by atoms with Crippen LogP contribution in [0, 0.1) is 27.7 Å². The van der Waals surface area contributed by atoms with E-state index in [-0.39, 0.29) is 0 Å². The van der Waals surface area contributed by atoms with Gasteiger partial charge in [0.1, 0.15) is 5.82 Å². The summed E-state index contributed by atoms with van der Waals surface area (Å²) in [5.41, 5.74) is 6.38. The van der Waals surface area contributed by atoms with Gasteiger partial charge in [-0.15, -0.1) is 0 Å². The van der Waals surface area contributed by atoms with Gasteiger partial charge in [-0.05, 0) is 78.0 Å². The van der Waals surface area contributed by atoms with Gasteiger partial charge >= 0.3 is 0 Å². The lowest BCUT2D eigenvalue weighted by atomic mass is 10.0. The summed E-state index contributed by atoms with van der Waals surface area (Å²) in [6, 6.07) is 6.43. The van der Waals surface area contributed by atoms with E-state index < -0.39 is 0 Å². The van der Waals surface area contributed by atoms with Gasteiger partial charge in [0.15, 0.2) is 0 Å². The topological polar surface area (TPSA) is 16.1 Å². The van der Waals surface area contributed by atoms with Gasteiger partial charge in [-0.3, -0.25) is 0 Å². The van der Waals surface area contributed by atoms with Crippen LogP contribution >= 0.6 is 15.9 Å². The molecule has 0 saturated heterocycles. The van der Waals surface area contributed by atoms with Crippen molar-refractivity contribution < 1.29 is 0 Å². The second-order valence-electron chi connectivity index (χ2n) is 5.00. The van der Waals surface area contributed by atoms with Gasteiger partial charge in [0, 0.05) is 23.4 Å². The highest BCUT2D eigenvalue weighted by Crippen LogP contribution is 2.30. The van der Waals surface area contributed by atoms with Gasteiger partial charge in [0.2, 0.25) is 0 Å². The molecular formula is C16H19BrN2. The quantitative estimate of drug-likeness (QED) is 0.787. The maximum absolute atomic E-state index is 4.49. The van der Waals surface area contributed by atoms with E-state index in [1.807, 2.05) is 6.20 Å². The molecule has 19 heavy (non-hydrogen) atoms. The van der Waals surface area contributed by atoms with E-state index in [4.69, 9.17) is 0 Å². The number of benzene rings is 1. The summed E-state index contributed by atoms with van der Waals surface area (Å²) in [6.45, 7) is 8.56. The van der Waals surface area contributed by atoms with E-state index in [1.165, 1.54) is 27.9 Å². The Bertz CT molecular complexity index is 620. The SMILES string of the molecule is Cc1cc(N(C)c2ccc(C)c(C)c2C)ncc1Br. The van der Waals surface area contributed by atoms with E-state index >= 15 is 0 Å². The zero-order valence-corrected chi connectivity index (χ0v) is 13.7. The van der Waals surface area contributed by atoms with E-state index in [9.17, 15) is 0 Å². The highest BCUT2D eigenvalue weighted by atomic mass is 79.9. The summed E-state index contributed by atoms with van der Waals surface area (Å²) in [4.78, 5) is 6.63. The first-order valence-electron chi connectivity index (χ1n) is 6.34. The van der Waals surface area contributed by atoms with Gasteiger partial charge < -0.3 is 4.90 Å². The number of aromatic nitrogens is 1. The Hall–Kier alpha value is -1.35. The van der Waals surface area contributed by atoms with Crippen LogP contribution < -0.4 is 4.90 Å². The Morgan fingerprint density at radius 1 is 1.00 bits per heavy atom. The lowest BCUT2D eigenvalue weighted by molar-refractivity contribution is 1.09. The lowest BCUT2D eigenvalue weighted by Gasteiger charge is -2.23. The molecule has 3 heteroatoms. The van der Waals surface area contributed by atoms with E-state index in [0.29, 0.717) is 0 Å². The number of halogens is 1. The Labute approximate surface area is 123 Å². The predicted octanol–water partition coefficient (Wildman–Crippen LogP) is 4.85. The summed E-state index contributed by atoms with van der Waals surface area (Å²) < 4.78 is 1.04. The van der Waals surface area contributed by atoms with Crippen LogP contribution in [-0.2, 0) is 0 Å². The molecule has 0 fully saturated rings. The molecule has 2 rings (SSSR count). The standard InChI is InChI=1S/C16H19BrN2/c1-10-6-7-15(13(4)12(10)3)19(5)16-8-11(2)14(17)9-18-16/h6-9H,1-5H3. The first-order valence-corrected chi connectivity index (χ1v) is 7.13. The summed E-state index contributed by atoms with van der Waals surface area (Å²) in [5.74, 6) is 0.965. The Kier molecular flexibility index (Phi) is 3.95. The van der Waals surface area contributed by atoms with Crippen molar-refractivity contribution in [2.24, 2.45) is 0 Å². The molecule has 0 aliphatic carbocycles. The van der Waals surface area contributed by atoms with Crippen molar-refractivity contribution in [1.82, 2.24) is 4.98 Å². The van der Waals surface area contributed by atoms with E-state index in [2.05, 4.69) is 78.8 Å². The molecule has 100 valence electrons. The van der Waals surface area contributed by atoms with Crippen molar-refractivity contribution in [2.75, 3.05) is 11.9 Å². The molecule has 0 spiro atoms.